The Bertz CT molecular complexity index is 1660. The van der Waals surface area contributed by atoms with Crippen molar-refractivity contribution in [3.8, 4) is 5.69 Å². The van der Waals surface area contributed by atoms with Gasteiger partial charge in [-0.15, -0.1) is 0 Å². The number of fused-ring (bicyclic) bond motifs is 1. The summed E-state index contributed by atoms with van der Waals surface area (Å²) in [7, 11) is 0. The van der Waals surface area contributed by atoms with Gasteiger partial charge in [-0.05, 0) is 36.4 Å². The molecule has 0 aliphatic rings. The largest absolute Gasteiger partial charge is 0.478 e. The highest BCUT2D eigenvalue weighted by molar-refractivity contribution is 5.93. The quantitative estimate of drug-likeness (QED) is 0.270. The fourth-order valence-corrected chi connectivity index (χ4v) is 3.45. The van der Waals surface area contributed by atoms with E-state index in [1.165, 1.54) is 0 Å². The normalized spacial score (nSPS) is 11.4. The number of benzene rings is 2. The van der Waals surface area contributed by atoms with Gasteiger partial charge in [0, 0.05) is 17.1 Å². The summed E-state index contributed by atoms with van der Waals surface area (Å²) >= 11 is 0. The third kappa shape index (κ3) is 5.30. The lowest BCUT2D eigenvalue weighted by Crippen LogP contribution is -2.18. The van der Waals surface area contributed by atoms with E-state index in [-0.39, 0.29) is 27.8 Å². The first-order valence-corrected chi connectivity index (χ1v) is 10.3. The molecular weight excluding hydrogens is 520 g/mol. The van der Waals surface area contributed by atoms with E-state index < -0.39 is 59.0 Å². The van der Waals surface area contributed by atoms with Gasteiger partial charge < -0.3 is 24.5 Å². The van der Waals surface area contributed by atoms with Gasteiger partial charge in [-0.2, -0.15) is 13.2 Å². The summed E-state index contributed by atoms with van der Waals surface area (Å²) in [5, 5.41) is 20.1. The molecule has 0 radical (unpaired) electrons. The first kappa shape index (κ1) is 25.9. The maximum atomic E-state index is 14.0. The molecule has 0 aliphatic heterocycles. The van der Waals surface area contributed by atoms with Crippen LogP contribution in [-0.2, 0) is 17.5 Å². The molecule has 0 saturated heterocycles. The van der Waals surface area contributed by atoms with E-state index in [4.69, 9.17) is 14.9 Å². The predicted molar refractivity (Wildman–Crippen MR) is 121 cm³/mol. The van der Waals surface area contributed by atoms with Crippen molar-refractivity contribution in [2.75, 3.05) is 5.32 Å². The Hall–Kier alpha value is -5.21. The Kier molecular flexibility index (Phi) is 6.59. The lowest BCUT2D eigenvalue weighted by molar-refractivity contribution is -0.137. The topological polar surface area (TPSA) is 164 Å². The number of aromatic carboxylic acids is 2. The van der Waals surface area contributed by atoms with Crippen molar-refractivity contribution in [3.63, 3.8) is 0 Å². The van der Waals surface area contributed by atoms with Crippen LogP contribution in [0, 0.1) is 5.82 Å². The molecule has 0 spiro atoms. The number of imidazole rings is 1. The van der Waals surface area contributed by atoms with E-state index in [1.807, 2.05) is 0 Å². The molecule has 2 aromatic carbocycles. The van der Waals surface area contributed by atoms with Crippen molar-refractivity contribution >= 4 is 34.6 Å². The molecule has 15 heteroatoms. The number of aromatic nitrogens is 3. The molecule has 0 fully saturated rings. The number of hydrogen-bond acceptors (Lipinski definition) is 6. The number of H-pyrrole nitrogens is 1. The minimum absolute atomic E-state index is 0.00256. The maximum absolute atomic E-state index is 14.0. The number of ether oxygens (including phenoxy) is 1. The van der Waals surface area contributed by atoms with Crippen LogP contribution in [0.2, 0.25) is 0 Å². The SMILES string of the molecule is O=C(Nc1ccc(C(=O)O)cc1F)OCc1cn(-c2cc3cc(C(=O)O)c(=O)[nH]c3cc2C(F)(F)F)cn1. The summed E-state index contributed by atoms with van der Waals surface area (Å²) in [4.78, 5) is 52.0. The summed E-state index contributed by atoms with van der Waals surface area (Å²) in [5.74, 6) is -3.97. The molecule has 196 valence electrons. The number of anilines is 1. The smallest absolute Gasteiger partial charge is 0.418 e. The van der Waals surface area contributed by atoms with Crippen LogP contribution in [0.4, 0.5) is 28.0 Å². The van der Waals surface area contributed by atoms with Gasteiger partial charge in [0.2, 0.25) is 0 Å². The monoisotopic (exact) mass is 534 g/mol. The van der Waals surface area contributed by atoms with E-state index in [0.29, 0.717) is 12.1 Å². The Morgan fingerprint density at radius 2 is 1.82 bits per heavy atom. The van der Waals surface area contributed by atoms with Crippen molar-refractivity contribution in [1.29, 1.82) is 0 Å². The van der Waals surface area contributed by atoms with Gasteiger partial charge >= 0.3 is 24.2 Å². The first-order valence-electron chi connectivity index (χ1n) is 10.3. The Morgan fingerprint density at radius 1 is 1.08 bits per heavy atom. The maximum Gasteiger partial charge on any atom is 0.418 e. The molecule has 1 amide bonds. The number of alkyl halides is 3. The van der Waals surface area contributed by atoms with Gasteiger partial charge in [-0.3, -0.25) is 10.1 Å². The highest BCUT2D eigenvalue weighted by Crippen LogP contribution is 2.36. The van der Waals surface area contributed by atoms with Crippen LogP contribution in [0.5, 0.6) is 0 Å². The van der Waals surface area contributed by atoms with Crippen molar-refractivity contribution < 1.29 is 46.9 Å². The summed E-state index contributed by atoms with van der Waals surface area (Å²) < 4.78 is 61.2. The van der Waals surface area contributed by atoms with E-state index in [9.17, 15) is 36.7 Å². The minimum atomic E-state index is -4.87. The third-order valence-corrected chi connectivity index (χ3v) is 5.21. The molecule has 0 bridgehead atoms. The standard InChI is InChI=1S/C23H14F4N4O7/c24-15-4-10(20(33)34)1-2-16(15)30-22(37)38-8-12-7-31(9-28-12)18-5-11-3-13(21(35)36)19(32)29-17(11)6-14(18)23(25,26)27/h1-7,9H,8H2,(H,29,32)(H,30,37)(H,33,34)(H,35,36). The Labute approximate surface area is 207 Å². The molecule has 4 N–H and O–H groups in total. The number of halogens is 4. The molecule has 11 nitrogen and oxygen atoms in total. The molecule has 0 unspecified atom stereocenters. The van der Waals surface area contributed by atoms with Gasteiger partial charge in [0.25, 0.3) is 5.56 Å². The number of aromatic amines is 1. The molecule has 2 heterocycles. The number of carboxylic acids is 2. The van der Waals surface area contributed by atoms with Crippen molar-refractivity contribution in [2.45, 2.75) is 12.8 Å². The van der Waals surface area contributed by atoms with Crippen molar-refractivity contribution in [2.24, 2.45) is 0 Å². The average Bonchev–Trinajstić information content (AvgIpc) is 3.31. The molecule has 0 aliphatic carbocycles. The molecule has 4 rings (SSSR count). The van der Waals surface area contributed by atoms with Crippen molar-refractivity contribution in [1.82, 2.24) is 14.5 Å². The Morgan fingerprint density at radius 3 is 2.45 bits per heavy atom. The van der Waals surface area contributed by atoms with Gasteiger partial charge in [0.05, 0.1) is 34.5 Å². The highest BCUT2D eigenvalue weighted by atomic mass is 19.4. The number of carbonyl (C=O) groups excluding carboxylic acids is 1. The molecule has 2 aromatic heterocycles. The van der Waals surface area contributed by atoms with E-state index in [1.54, 1.807) is 0 Å². The zero-order valence-electron chi connectivity index (χ0n) is 18.7. The lowest BCUT2D eigenvalue weighted by Gasteiger charge is -2.15. The first-order chi connectivity index (χ1) is 17.8. The summed E-state index contributed by atoms with van der Waals surface area (Å²) in [5.41, 5.74) is -4.28. The van der Waals surface area contributed by atoms with Gasteiger partial charge in [0.15, 0.2) is 0 Å². The molecule has 38 heavy (non-hydrogen) atoms. The minimum Gasteiger partial charge on any atom is -0.478 e. The molecular formula is C23H14F4N4O7. The van der Waals surface area contributed by atoms with Crippen LogP contribution in [0.25, 0.3) is 16.6 Å². The number of hydrogen-bond donors (Lipinski definition) is 4. The zero-order valence-corrected chi connectivity index (χ0v) is 18.7. The fraction of sp³-hybridized carbons (Fsp3) is 0.0870. The third-order valence-electron chi connectivity index (χ3n) is 5.21. The lowest BCUT2D eigenvalue weighted by atomic mass is 10.1. The highest BCUT2D eigenvalue weighted by Gasteiger charge is 2.35. The number of carboxylic acid groups (broad SMARTS) is 2. The van der Waals surface area contributed by atoms with E-state index in [2.05, 4.69) is 15.3 Å². The van der Waals surface area contributed by atoms with E-state index in [0.717, 1.165) is 41.4 Å². The fourth-order valence-electron chi connectivity index (χ4n) is 3.45. The average molecular weight is 534 g/mol. The number of rotatable bonds is 6. The number of pyridine rings is 1. The summed E-state index contributed by atoms with van der Waals surface area (Å²) in [6, 6.07) is 5.37. The second-order valence-electron chi connectivity index (χ2n) is 7.74. The number of nitrogens with zero attached hydrogens (tertiary/aromatic N) is 2. The van der Waals surface area contributed by atoms with Crippen molar-refractivity contribution in [3.05, 3.63) is 87.5 Å². The van der Waals surface area contributed by atoms with Gasteiger partial charge in [0.1, 0.15) is 18.0 Å². The van der Waals surface area contributed by atoms with Crippen LogP contribution >= 0.6 is 0 Å². The predicted octanol–water partition coefficient (Wildman–Crippen LogP) is 4.02. The van der Waals surface area contributed by atoms with Crippen LogP contribution < -0.4 is 10.9 Å². The summed E-state index contributed by atoms with van der Waals surface area (Å²) in [6.07, 6.45) is -3.89. The Balaban J connectivity index is 1.57. The molecule has 0 atom stereocenters. The number of nitrogens with one attached hydrogen (secondary N) is 2. The zero-order chi connectivity index (χ0) is 27.8. The van der Waals surface area contributed by atoms with Crippen LogP contribution in [0.1, 0.15) is 32.0 Å². The molecule has 4 aromatic rings. The molecule has 0 saturated carbocycles. The second kappa shape index (κ2) is 9.68. The van der Waals surface area contributed by atoms with Gasteiger partial charge in [-0.25, -0.2) is 23.8 Å². The number of carbonyl (C=O) groups is 3. The van der Waals surface area contributed by atoms with Crippen LogP contribution in [-0.4, -0.2) is 42.8 Å². The van der Waals surface area contributed by atoms with Gasteiger partial charge in [-0.1, -0.05) is 0 Å². The van der Waals surface area contributed by atoms with Crippen LogP contribution in [0.15, 0.2) is 53.7 Å². The summed E-state index contributed by atoms with van der Waals surface area (Å²) in [6.45, 7) is -0.529. The van der Waals surface area contributed by atoms with Crippen LogP contribution in [0.3, 0.4) is 0 Å². The van der Waals surface area contributed by atoms with E-state index >= 15 is 0 Å². The number of amides is 1. The second-order valence-corrected chi connectivity index (χ2v) is 7.74.